The molecule has 6 heterocycles. The number of rotatable bonds is 17. The van der Waals surface area contributed by atoms with E-state index in [4.69, 9.17) is 14.2 Å². The Morgan fingerprint density at radius 1 is 0.655 bits per heavy atom. The number of amides is 8. The van der Waals surface area contributed by atoms with Crippen molar-refractivity contribution < 1.29 is 43.0 Å². The molecule has 84 heavy (non-hydrogen) atoms. The normalized spacial score (nSPS) is 15.9. The molecule has 0 radical (unpaired) electrons. The second-order valence-electron chi connectivity index (χ2n) is 24.0. The molecule has 5 N–H and O–H groups in total. The van der Waals surface area contributed by atoms with E-state index in [-0.39, 0.29) is 68.0 Å². The second-order valence-corrected chi connectivity index (χ2v) is 26.1. The third-order valence-electron chi connectivity index (χ3n) is 16.5. The quantitative estimate of drug-likeness (QED) is 0.0577. The van der Waals surface area contributed by atoms with Crippen LogP contribution in [0.5, 0.6) is 11.8 Å². The molecule has 21 heteroatoms. The number of aromatic nitrogens is 2. The first kappa shape index (κ1) is 62.2. The van der Waals surface area contributed by atoms with Gasteiger partial charge in [0, 0.05) is 94.9 Å². The van der Waals surface area contributed by atoms with Crippen molar-refractivity contribution in [1.82, 2.24) is 30.0 Å². The van der Waals surface area contributed by atoms with Crippen LogP contribution >= 0.6 is 22.7 Å². The van der Waals surface area contributed by atoms with E-state index in [0.717, 1.165) is 43.1 Å². The average molecular weight is 1180 g/mol. The molecular formula is C63H78N10O9S2. The van der Waals surface area contributed by atoms with Gasteiger partial charge in [0.25, 0.3) is 11.8 Å². The first-order valence-electron chi connectivity index (χ1n) is 28.0. The number of nitrogens with one attached hydrogen (secondary N) is 5. The minimum absolute atomic E-state index is 0.151. The first-order valence-corrected chi connectivity index (χ1v) is 29.7. The summed E-state index contributed by atoms with van der Waals surface area (Å²) in [6.45, 7) is 26.3. The van der Waals surface area contributed by atoms with Gasteiger partial charge in [-0.15, -0.1) is 22.7 Å². The Morgan fingerprint density at radius 2 is 1.21 bits per heavy atom. The highest BCUT2D eigenvalue weighted by Gasteiger charge is 2.48. The molecule has 6 aromatic rings. The van der Waals surface area contributed by atoms with E-state index in [1.54, 1.807) is 82.3 Å². The molecule has 2 aromatic carbocycles. The SMILES string of the molecule is CCC(C)(OCCN1CCN(C(=O)c2cc(C(C)(C)C)sc2NC(=O)Nc2ccc(C)c(-c3ccc(OC)nc3)c2)C(C)(C)C1=O)C(C)(C)c1cc(C(=O)N2CCNC(=O)C2(C)C)c(NC(=O)Nc2cc(-c3ccc(OC)nc3)ccc2C)s1. The zero-order chi connectivity index (χ0) is 61.3. The van der Waals surface area contributed by atoms with Gasteiger partial charge in [-0.3, -0.25) is 29.8 Å². The highest BCUT2D eigenvalue weighted by Crippen LogP contribution is 2.47. The van der Waals surface area contributed by atoms with Crippen LogP contribution in [0.2, 0.25) is 0 Å². The lowest BCUT2D eigenvalue weighted by Gasteiger charge is -2.47. The van der Waals surface area contributed by atoms with Gasteiger partial charge in [0.15, 0.2) is 0 Å². The smallest absolute Gasteiger partial charge is 0.324 e. The van der Waals surface area contributed by atoms with Gasteiger partial charge in [-0.1, -0.05) is 59.7 Å². The van der Waals surface area contributed by atoms with Crippen molar-refractivity contribution in [2.24, 2.45) is 0 Å². The zero-order valence-corrected chi connectivity index (χ0v) is 52.4. The van der Waals surface area contributed by atoms with E-state index < -0.39 is 40.1 Å². The minimum Gasteiger partial charge on any atom is -0.481 e. The fourth-order valence-electron chi connectivity index (χ4n) is 10.3. The molecule has 446 valence electrons. The number of ether oxygens (including phenoxy) is 3. The predicted molar refractivity (Wildman–Crippen MR) is 332 cm³/mol. The highest BCUT2D eigenvalue weighted by atomic mass is 32.1. The van der Waals surface area contributed by atoms with Gasteiger partial charge in [-0.25, -0.2) is 19.6 Å². The highest BCUT2D eigenvalue weighted by molar-refractivity contribution is 7.17. The van der Waals surface area contributed by atoms with Crippen molar-refractivity contribution in [3.05, 3.63) is 117 Å². The van der Waals surface area contributed by atoms with Crippen LogP contribution in [0.25, 0.3) is 22.3 Å². The third kappa shape index (κ3) is 12.8. The van der Waals surface area contributed by atoms with Crippen LogP contribution in [-0.2, 0) is 25.2 Å². The number of methoxy groups -OCH3 is 2. The van der Waals surface area contributed by atoms with Gasteiger partial charge >= 0.3 is 12.1 Å². The molecule has 2 fully saturated rings. The Bertz CT molecular complexity index is 3470. The van der Waals surface area contributed by atoms with Gasteiger partial charge in [0.1, 0.15) is 21.1 Å². The fourth-order valence-corrected chi connectivity index (χ4v) is 12.7. The summed E-state index contributed by atoms with van der Waals surface area (Å²) in [5.74, 6) is -0.358. The van der Waals surface area contributed by atoms with Crippen LogP contribution in [-0.4, -0.2) is 131 Å². The summed E-state index contributed by atoms with van der Waals surface area (Å²) >= 11 is 2.59. The van der Waals surface area contributed by atoms with Crippen LogP contribution in [0.3, 0.4) is 0 Å². The number of carbonyl (C=O) groups is 6. The van der Waals surface area contributed by atoms with Gasteiger partial charge < -0.3 is 44.9 Å². The lowest BCUT2D eigenvalue weighted by molar-refractivity contribution is -0.149. The van der Waals surface area contributed by atoms with Crippen molar-refractivity contribution in [1.29, 1.82) is 0 Å². The van der Waals surface area contributed by atoms with Crippen molar-refractivity contribution in [2.45, 2.75) is 124 Å². The maximum Gasteiger partial charge on any atom is 0.324 e. The van der Waals surface area contributed by atoms with E-state index in [1.165, 1.54) is 27.6 Å². The van der Waals surface area contributed by atoms with Crippen molar-refractivity contribution in [3.8, 4) is 34.0 Å². The minimum atomic E-state index is -1.27. The topological polar surface area (TPSA) is 226 Å². The summed E-state index contributed by atoms with van der Waals surface area (Å²) in [5, 5.41) is 15.4. The maximum atomic E-state index is 14.8. The number of urea groups is 2. The number of aryl methyl sites for hydroxylation is 2. The molecule has 0 bridgehead atoms. The number of piperazine rings is 2. The number of benzene rings is 2. The number of pyridine rings is 2. The Kier molecular flexibility index (Phi) is 18.0. The summed E-state index contributed by atoms with van der Waals surface area (Å²) in [6.07, 6.45) is 3.94. The predicted octanol–water partition coefficient (Wildman–Crippen LogP) is 11.7. The van der Waals surface area contributed by atoms with Gasteiger partial charge in [0.2, 0.25) is 23.6 Å². The molecular weight excluding hydrogens is 1100 g/mol. The number of anilines is 4. The number of hydrogen-bond acceptors (Lipinski definition) is 13. The lowest BCUT2D eigenvalue weighted by Crippen LogP contribution is -2.65. The monoisotopic (exact) mass is 1180 g/mol. The maximum absolute atomic E-state index is 14.8. The molecule has 2 aliphatic rings. The Hall–Kier alpha value is -7.88. The largest absolute Gasteiger partial charge is 0.481 e. The molecule has 0 aliphatic carbocycles. The number of nitrogens with zero attached hydrogens (tertiary/aromatic N) is 5. The Balaban J connectivity index is 0.968. The number of thiophene rings is 2. The molecule has 1 atom stereocenters. The average Bonchev–Trinajstić information content (AvgIpc) is 3.85. The molecule has 0 spiro atoms. The molecule has 1 unspecified atom stereocenters. The standard InChI is InChI=1S/C63H78N10O9S2/c1-16-63(13,60(7,8)48-34-45(53(74)72-26-25-64-55(76)61(72,9)10)52(84-48)70-58(79)68-46-31-39(19-17-38(46)3)40-20-23-49(80-14)65-35-40)82-30-29-71-27-28-73(62(11,12)56(71)77)54(75)44-33-47(59(4,5)6)83-51(44)69-57(78)67-42-22-18-37(2)43(32-42)41-21-24-50(81-15)66-36-41/h17-24,31-36H,16,25-30H2,1-15H3,(H,64,76)(H2,67,69,78)(H2,68,70,79). The molecule has 2 aliphatic heterocycles. The Morgan fingerprint density at radius 3 is 1.80 bits per heavy atom. The van der Waals surface area contributed by atoms with E-state index in [2.05, 4.69) is 36.6 Å². The van der Waals surface area contributed by atoms with Crippen LogP contribution in [0.1, 0.15) is 124 Å². The first-order chi connectivity index (χ1) is 39.5. The van der Waals surface area contributed by atoms with Crippen LogP contribution in [0.15, 0.2) is 85.2 Å². The Labute approximate surface area is 500 Å². The van der Waals surface area contributed by atoms with Crippen molar-refractivity contribution >= 4 is 79.7 Å². The summed E-state index contributed by atoms with van der Waals surface area (Å²) in [4.78, 5) is 100. The van der Waals surface area contributed by atoms with Crippen LogP contribution in [0.4, 0.5) is 31.0 Å². The number of hydrogen-bond donors (Lipinski definition) is 5. The molecule has 4 aromatic heterocycles. The molecule has 0 saturated carbocycles. The summed E-state index contributed by atoms with van der Waals surface area (Å²) < 4.78 is 17.3. The van der Waals surface area contributed by atoms with E-state index >= 15 is 0 Å². The molecule has 2 saturated heterocycles. The van der Waals surface area contributed by atoms with Crippen molar-refractivity contribution in [2.75, 3.05) is 74.8 Å². The second kappa shape index (κ2) is 24.4. The van der Waals surface area contributed by atoms with Gasteiger partial charge in [-0.05, 0) is 125 Å². The van der Waals surface area contributed by atoms with E-state index in [9.17, 15) is 28.8 Å². The van der Waals surface area contributed by atoms with Gasteiger partial charge in [0.05, 0.1) is 37.6 Å². The summed E-state index contributed by atoms with van der Waals surface area (Å²) in [6, 6.07) is 21.1. The van der Waals surface area contributed by atoms with Crippen LogP contribution in [0, 0.1) is 13.8 Å². The van der Waals surface area contributed by atoms with Gasteiger partial charge in [-0.2, -0.15) is 0 Å². The van der Waals surface area contributed by atoms with E-state index in [1.807, 2.05) is 117 Å². The van der Waals surface area contributed by atoms with E-state index in [0.29, 0.717) is 45.1 Å². The van der Waals surface area contributed by atoms with Crippen LogP contribution < -0.4 is 36.1 Å². The number of carbonyl (C=O) groups excluding carboxylic acids is 6. The molecule has 8 amide bonds. The third-order valence-corrected chi connectivity index (χ3v) is 19.3. The zero-order valence-electron chi connectivity index (χ0n) is 50.8. The lowest BCUT2D eigenvalue weighted by atomic mass is 9.73. The van der Waals surface area contributed by atoms with Crippen molar-refractivity contribution in [3.63, 3.8) is 0 Å². The molecule has 19 nitrogen and oxygen atoms in total. The molecule has 8 rings (SSSR count). The summed E-state index contributed by atoms with van der Waals surface area (Å²) in [7, 11) is 3.11. The fraction of sp³-hybridized carbons (Fsp3) is 0.429. The summed E-state index contributed by atoms with van der Waals surface area (Å²) in [5.41, 5.74) is 2.37.